The Morgan fingerprint density at radius 3 is 2.78 bits per heavy atom. The van der Waals surface area contributed by atoms with Crippen molar-refractivity contribution in [2.24, 2.45) is 0 Å². The highest BCUT2D eigenvalue weighted by Gasteiger charge is 2.29. The summed E-state index contributed by atoms with van der Waals surface area (Å²) in [5, 5.41) is 3.41. The molecule has 1 aromatic rings. The van der Waals surface area contributed by atoms with Crippen molar-refractivity contribution >= 4 is 37.8 Å². The molecule has 1 fully saturated rings. The van der Waals surface area contributed by atoms with Crippen LogP contribution in [0.15, 0.2) is 27.1 Å². The lowest BCUT2D eigenvalue weighted by atomic mass is 10.0. The van der Waals surface area contributed by atoms with Crippen molar-refractivity contribution < 1.29 is 4.79 Å². The Hall–Kier alpha value is -0.390. The van der Waals surface area contributed by atoms with Gasteiger partial charge in [-0.1, -0.05) is 15.9 Å². The molecule has 2 rings (SSSR count). The predicted octanol–water partition coefficient (Wildman–Crippen LogP) is 3.04. The molecule has 98 valence electrons. The Balaban J connectivity index is 2.23. The van der Waals surface area contributed by atoms with Crippen LogP contribution in [0.1, 0.15) is 24.2 Å². The lowest BCUT2D eigenvalue weighted by molar-refractivity contribution is 0.0651. The van der Waals surface area contributed by atoms with Gasteiger partial charge in [-0.25, -0.2) is 0 Å². The summed E-state index contributed by atoms with van der Waals surface area (Å²) in [6, 6.07) is 5.68. The van der Waals surface area contributed by atoms with E-state index in [0.717, 1.165) is 28.6 Å². The quantitative estimate of drug-likeness (QED) is 0.818. The zero-order valence-corrected chi connectivity index (χ0v) is 13.6. The SMILES string of the molecule is CC1(C)CN(C(=O)c2cc(Br)ccc2Br)CCN1. The minimum Gasteiger partial charge on any atom is -0.336 e. The second kappa shape index (κ2) is 5.31. The minimum atomic E-state index is -0.0214. The molecule has 1 heterocycles. The smallest absolute Gasteiger partial charge is 0.255 e. The van der Waals surface area contributed by atoms with E-state index in [1.165, 1.54) is 0 Å². The van der Waals surface area contributed by atoms with E-state index in [1.807, 2.05) is 23.1 Å². The van der Waals surface area contributed by atoms with Crippen LogP contribution in [-0.2, 0) is 0 Å². The molecule has 5 heteroatoms. The third kappa shape index (κ3) is 3.13. The summed E-state index contributed by atoms with van der Waals surface area (Å²) in [6.45, 7) is 6.54. The van der Waals surface area contributed by atoms with Crippen molar-refractivity contribution in [3.8, 4) is 0 Å². The summed E-state index contributed by atoms with van der Waals surface area (Å²) in [7, 11) is 0. The van der Waals surface area contributed by atoms with Crippen LogP contribution in [0.3, 0.4) is 0 Å². The standard InChI is InChI=1S/C13H16Br2N2O/c1-13(2)8-17(6-5-16-13)12(18)10-7-9(14)3-4-11(10)15/h3-4,7,16H,5-6,8H2,1-2H3. The molecule has 0 bridgehead atoms. The number of rotatable bonds is 1. The van der Waals surface area contributed by atoms with E-state index in [-0.39, 0.29) is 11.4 Å². The molecule has 3 nitrogen and oxygen atoms in total. The summed E-state index contributed by atoms with van der Waals surface area (Å²) < 4.78 is 1.76. The second-order valence-corrected chi connectivity index (χ2v) is 6.93. The molecule has 0 spiro atoms. The van der Waals surface area contributed by atoms with Crippen LogP contribution >= 0.6 is 31.9 Å². The van der Waals surface area contributed by atoms with E-state index in [0.29, 0.717) is 5.56 Å². The predicted molar refractivity (Wildman–Crippen MR) is 79.8 cm³/mol. The van der Waals surface area contributed by atoms with Gasteiger partial charge in [0.25, 0.3) is 5.91 Å². The summed E-state index contributed by atoms with van der Waals surface area (Å²) in [6.07, 6.45) is 0. The fourth-order valence-corrected chi connectivity index (χ4v) is 2.92. The van der Waals surface area contributed by atoms with Crippen LogP contribution in [0, 0.1) is 0 Å². The zero-order valence-electron chi connectivity index (χ0n) is 10.5. The summed E-state index contributed by atoms with van der Waals surface area (Å²) >= 11 is 6.85. The van der Waals surface area contributed by atoms with Gasteiger partial charge in [0.05, 0.1) is 5.56 Å². The van der Waals surface area contributed by atoms with Crippen molar-refractivity contribution in [1.82, 2.24) is 10.2 Å². The van der Waals surface area contributed by atoms with Gasteiger partial charge in [-0.2, -0.15) is 0 Å². The molecule has 18 heavy (non-hydrogen) atoms. The molecule has 0 aromatic heterocycles. The number of nitrogens with one attached hydrogen (secondary N) is 1. The van der Waals surface area contributed by atoms with Crippen molar-refractivity contribution in [2.75, 3.05) is 19.6 Å². The van der Waals surface area contributed by atoms with Crippen LogP contribution < -0.4 is 5.32 Å². The first-order chi connectivity index (χ1) is 8.39. The van der Waals surface area contributed by atoms with E-state index in [9.17, 15) is 4.79 Å². The average molecular weight is 376 g/mol. The zero-order chi connectivity index (χ0) is 13.3. The monoisotopic (exact) mass is 374 g/mol. The largest absolute Gasteiger partial charge is 0.336 e. The van der Waals surface area contributed by atoms with E-state index in [4.69, 9.17) is 0 Å². The van der Waals surface area contributed by atoms with Gasteiger partial charge in [-0.05, 0) is 48.0 Å². The van der Waals surface area contributed by atoms with E-state index < -0.39 is 0 Å². The van der Waals surface area contributed by atoms with Crippen molar-refractivity contribution in [3.63, 3.8) is 0 Å². The summed E-state index contributed by atoms with van der Waals surface area (Å²) in [4.78, 5) is 14.4. The molecule has 1 saturated heterocycles. The number of piperazine rings is 1. The second-order valence-electron chi connectivity index (χ2n) is 5.16. The Labute approximate surface area is 124 Å². The highest BCUT2D eigenvalue weighted by atomic mass is 79.9. The van der Waals surface area contributed by atoms with Crippen molar-refractivity contribution in [2.45, 2.75) is 19.4 Å². The number of nitrogens with zero attached hydrogens (tertiary/aromatic N) is 1. The molecular weight excluding hydrogens is 360 g/mol. The van der Waals surface area contributed by atoms with Gasteiger partial charge in [0.1, 0.15) is 0 Å². The molecule has 1 aliphatic heterocycles. The Bertz CT molecular complexity index is 474. The first-order valence-electron chi connectivity index (χ1n) is 5.88. The fourth-order valence-electron chi connectivity index (χ4n) is 2.15. The summed E-state index contributed by atoms with van der Waals surface area (Å²) in [5.41, 5.74) is 0.689. The lowest BCUT2D eigenvalue weighted by Gasteiger charge is -2.39. The highest BCUT2D eigenvalue weighted by Crippen LogP contribution is 2.24. The Kier molecular flexibility index (Phi) is 4.14. The van der Waals surface area contributed by atoms with Gasteiger partial charge < -0.3 is 10.2 Å². The highest BCUT2D eigenvalue weighted by molar-refractivity contribution is 9.11. The third-order valence-corrected chi connectivity index (χ3v) is 4.20. The average Bonchev–Trinajstić information content (AvgIpc) is 2.30. The van der Waals surface area contributed by atoms with Crippen LogP contribution in [0.25, 0.3) is 0 Å². The molecule has 1 N–H and O–H groups in total. The van der Waals surface area contributed by atoms with Gasteiger partial charge >= 0.3 is 0 Å². The normalized spacial score (nSPS) is 18.8. The van der Waals surface area contributed by atoms with Crippen molar-refractivity contribution in [3.05, 3.63) is 32.7 Å². The van der Waals surface area contributed by atoms with Crippen LogP contribution in [0.5, 0.6) is 0 Å². The number of carbonyl (C=O) groups excluding carboxylic acids is 1. The number of hydrogen-bond acceptors (Lipinski definition) is 2. The topological polar surface area (TPSA) is 32.3 Å². The van der Waals surface area contributed by atoms with E-state index >= 15 is 0 Å². The Morgan fingerprint density at radius 2 is 2.11 bits per heavy atom. The van der Waals surface area contributed by atoms with Gasteiger partial charge in [0, 0.05) is 34.1 Å². The fraction of sp³-hybridized carbons (Fsp3) is 0.462. The molecule has 0 atom stereocenters. The number of carbonyl (C=O) groups is 1. The molecule has 0 aliphatic carbocycles. The molecule has 0 radical (unpaired) electrons. The third-order valence-electron chi connectivity index (χ3n) is 3.02. The first kappa shape index (κ1) is 14.0. The lowest BCUT2D eigenvalue weighted by Crippen LogP contribution is -2.58. The van der Waals surface area contributed by atoms with Crippen LogP contribution in [0.2, 0.25) is 0 Å². The molecule has 0 unspecified atom stereocenters. The van der Waals surface area contributed by atoms with Crippen LogP contribution in [-0.4, -0.2) is 36.0 Å². The van der Waals surface area contributed by atoms with Gasteiger partial charge in [-0.3, -0.25) is 4.79 Å². The van der Waals surface area contributed by atoms with Crippen LogP contribution in [0.4, 0.5) is 0 Å². The van der Waals surface area contributed by atoms with Gasteiger partial charge in [0.2, 0.25) is 0 Å². The number of amides is 1. The molecule has 1 aromatic carbocycles. The van der Waals surface area contributed by atoms with Gasteiger partial charge in [-0.15, -0.1) is 0 Å². The minimum absolute atomic E-state index is 0.0214. The molecular formula is C13H16Br2N2O. The first-order valence-corrected chi connectivity index (χ1v) is 7.47. The van der Waals surface area contributed by atoms with Gasteiger partial charge in [0.15, 0.2) is 0 Å². The van der Waals surface area contributed by atoms with E-state index in [2.05, 4.69) is 51.0 Å². The number of benzene rings is 1. The molecule has 0 saturated carbocycles. The maximum absolute atomic E-state index is 12.5. The number of halogens is 2. The Morgan fingerprint density at radius 1 is 1.39 bits per heavy atom. The number of hydrogen-bond donors (Lipinski definition) is 1. The van der Waals surface area contributed by atoms with Crippen molar-refractivity contribution in [1.29, 1.82) is 0 Å². The van der Waals surface area contributed by atoms with E-state index in [1.54, 1.807) is 0 Å². The molecule has 1 aliphatic rings. The maximum atomic E-state index is 12.5. The summed E-state index contributed by atoms with van der Waals surface area (Å²) in [5.74, 6) is 0.0813. The maximum Gasteiger partial charge on any atom is 0.255 e. The molecule has 1 amide bonds.